The van der Waals surface area contributed by atoms with Gasteiger partial charge in [-0.1, -0.05) is 46.1 Å². The molecule has 4 fully saturated rings. The number of carbonyl (C=O) groups excluding carboxylic acids is 2. The van der Waals surface area contributed by atoms with E-state index in [2.05, 4.69) is 43.3 Å². The second-order valence-corrected chi connectivity index (χ2v) is 11.9. The first-order valence-electron chi connectivity index (χ1n) is 13.6. The number of nitrogens with zero attached hydrogens (tertiary/aromatic N) is 1. The number of unbranched alkanes of at least 4 members (excludes halogenated alkanes) is 2. The molecular weight excluding hydrogens is 455 g/mol. The van der Waals surface area contributed by atoms with Crippen LogP contribution in [0.25, 0.3) is 0 Å². The third kappa shape index (κ3) is 5.34. The molecule has 8 nitrogen and oxygen atoms in total. The van der Waals surface area contributed by atoms with Crippen molar-refractivity contribution in [1.82, 2.24) is 15.6 Å². The fourth-order valence-electron chi connectivity index (χ4n) is 6.52. The average Bonchev–Trinajstić information content (AvgIpc) is 3.20. The topological polar surface area (TPSA) is 116 Å². The molecule has 0 spiro atoms. The summed E-state index contributed by atoms with van der Waals surface area (Å²) in [7, 11) is -0.480. The number of hydrogen-bond donors (Lipinski definition) is 3. The smallest absolute Gasteiger partial charge is 0.404 e. The van der Waals surface area contributed by atoms with Gasteiger partial charge in [0.1, 0.15) is 6.04 Å². The predicted octanol–water partition coefficient (Wildman–Crippen LogP) is 2.79. The second-order valence-electron chi connectivity index (χ2n) is 11.9. The van der Waals surface area contributed by atoms with Gasteiger partial charge in [-0.05, 0) is 68.4 Å². The minimum absolute atomic E-state index is 0.0625. The summed E-state index contributed by atoms with van der Waals surface area (Å²) in [5.41, 5.74) is 6.90. The van der Waals surface area contributed by atoms with E-state index in [0.717, 1.165) is 37.7 Å². The average molecular weight is 498 g/mol. The summed E-state index contributed by atoms with van der Waals surface area (Å²) in [4.78, 5) is 29.8. The van der Waals surface area contributed by atoms with E-state index in [0.29, 0.717) is 18.3 Å². The van der Waals surface area contributed by atoms with Crippen LogP contribution in [0.15, 0.2) is 24.5 Å². The summed E-state index contributed by atoms with van der Waals surface area (Å²) in [6.07, 6.45) is 9.89. The Bertz CT molecular complexity index is 932. The van der Waals surface area contributed by atoms with Crippen LogP contribution in [-0.4, -0.2) is 53.6 Å². The Hall–Kier alpha value is -1.97. The Balaban J connectivity index is 1.36. The quantitative estimate of drug-likeness (QED) is 0.319. The molecule has 7 atom stereocenters. The summed E-state index contributed by atoms with van der Waals surface area (Å²) < 4.78 is 13.1. The predicted molar refractivity (Wildman–Crippen MR) is 140 cm³/mol. The zero-order chi connectivity index (χ0) is 26.1. The van der Waals surface area contributed by atoms with Crippen molar-refractivity contribution in [1.29, 1.82) is 0 Å². The maximum Gasteiger partial charge on any atom is 0.481 e. The van der Waals surface area contributed by atoms with E-state index >= 15 is 0 Å². The van der Waals surface area contributed by atoms with Gasteiger partial charge in [-0.25, -0.2) is 0 Å². The van der Waals surface area contributed by atoms with Crippen molar-refractivity contribution in [3.05, 3.63) is 30.1 Å². The lowest BCUT2D eigenvalue weighted by atomic mass is 9.43. The molecule has 2 amide bonds. The van der Waals surface area contributed by atoms with Gasteiger partial charge in [-0.2, -0.15) is 0 Å². The van der Waals surface area contributed by atoms with Gasteiger partial charge in [-0.3, -0.25) is 14.6 Å². The van der Waals surface area contributed by atoms with Crippen molar-refractivity contribution in [2.24, 2.45) is 23.0 Å². The van der Waals surface area contributed by atoms with Crippen LogP contribution >= 0.6 is 0 Å². The lowest BCUT2D eigenvalue weighted by molar-refractivity contribution is -0.199. The van der Waals surface area contributed by atoms with Gasteiger partial charge in [0.15, 0.2) is 0 Å². The van der Waals surface area contributed by atoms with Crippen molar-refractivity contribution in [2.75, 3.05) is 0 Å². The molecule has 1 aliphatic heterocycles. The van der Waals surface area contributed by atoms with E-state index in [1.54, 1.807) is 19.3 Å². The summed E-state index contributed by atoms with van der Waals surface area (Å²) in [5.74, 6) is 0.246. The normalized spacial score (nSPS) is 30.5. The molecule has 0 unspecified atom stereocenters. The lowest BCUT2D eigenvalue weighted by Crippen LogP contribution is -2.65. The van der Waals surface area contributed by atoms with Crippen LogP contribution in [0.5, 0.6) is 0 Å². The van der Waals surface area contributed by atoms with E-state index in [1.165, 1.54) is 6.42 Å². The van der Waals surface area contributed by atoms with Gasteiger partial charge in [0.05, 0.1) is 23.7 Å². The number of nitrogens with one attached hydrogen (secondary N) is 2. The van der Waals surface area contributed by atoms with Crippen molar-refractivity contribution in [2.45, 2.75) is 109 Å². The Kier molecular flexibility index (Phi) is 8.12. The van der Waals surface area contributed by atoms with E-state index in [1.807, 2.05) is 12.1 Å². The molecule has 198 valence electrons. The van der Waals surface area contributed by atoms with E-state index in [-0.39, 0.29) is 34.9 Å². The van der Waals surface area contributed by atoms with Gasteiger partial charge in [-0.15, -0.1) is 0 Å². The zero-order valence-corrected chi connectivity index (χ0v) is 22.5. The summed E-state index contributed by atoms with van der Waals surface area (Å²) in [6, 6.07) is 2.20. The Morgan fingerprint density at radius 3 is 2.67 bits per heavy atom. The molecule has 4 N–H and O–H groups in total. The molecule has 2 heterocycles. The third-order valence-corrected chi connectivity index (χ3v) is 9.01. The SMILES string of the molecule is CCCCC[C@H](NC(=O)[C@H](C)NC(=O)[C@H](N)Cc1cccnc1)B1O[C@@H]2C[C@@H]3C[C@@H](C3(C)C)[C@]2(C)O1. The molecule has 3 saturated carbocycles. The van der Waals surface area contributed by atoms with E-state index in [9.17, 15) is 9.59 Å². The molecule has 36 heavy (non-hydrogen) atoms. The molecule has 0 aromatic carbocycles. The number of carbonyl (C=O) groups is 2. The highest BCUT2D eigenvalue weighted by Gasteiger charge is 2.68. The lowest BCUT2D eigenvalue weighted by Gasteiger charge is -2.64. The Labute approximate surface area is 216 Å². The molecule has 1 aromatic rings. The monoisotopic (exact) mass is 498 g/mol. The summed E-state index contributed by atoms with van der Waals surface area (Å²) in [5, 5.41) is 5.90. The molecular formula is C27H43BN4O4. The molecule has 5 rings (SSSR count). The van der Waals surface area contributed by atoms with E-state index < -0.39 is 19.2 Å². The maximum absolute atomic E-state index is 13.1. The molecule has 0 radical (unpaired) electrons. The van der Waals surface area contributed by atoms with E-state index in [4.69, 9.17) is 15.0 Å². The molecule has 3 aliphatic carbocycles. The summed E-state index contributed by atoms with van der Waals surface area (Å²) in [6.45, 7) is 10.7. The molecule has 1 aromatic heterocycles. The van der Waals surface area contributed by atoms with Crippen LogP contribution in [0.4, 0.5) is 0 Å². The fraction of sp³-hybridized carbons (Fsp3) is 0.741. The first-order valence-corrected chi connectivity index (χ1v) is 13.6. The van der Waals surface area contributed by atoms with Crippen LogP contribution in [0.1, 0.15) is 78.7 Å². The number of rotatable bonds is 11. The minimum atomic E-state index is -0.760. The number of hydrogen-bond acceptors (Lipinski definition) is 6. The van der Waals surface area contributed by atoms with Crippen LogP contribution in [0.2, 0.25) is 0 Å². The van der Waals surface area contributed by atoms with Crippen LogP contribution in [0.3, 0.4) is 0 Å². The number of aromatic nitrogens is 1. The van der Waals surface area contributed by atoms with Crippen molar-refractivity contribution >= 4 is 18.9 Å². The zero-order valence-electron chi connectivity index (χ0n) is 22.5. The highest BCUT2D eigenvalue weighted by Crippen LogP contribution is 2.65. The van der Waals surface area contributed by atoms with Crippen molar-refractivity contribution < 1.29 is 18.9 Å². The van der Waals surface area contributed by atoms with Gasteiger partial charge >= 0.3 is 7.12 Å². The Morgan fingerprint density at radius 1 is 1.22 bits per heavy atom. The number of amides is 2. The number of pyridine rings is 1. The molecule has 4 aliphatic rings. The van der Waals surface area contributed by atoms with Crippen molar-refractivity contribution in [3.8, 4) is 0 Å². The maximum atomic E-state index is 13.1. The minimum Gasteiger partial charge on any atom is -0.404 e. The van der Waals surface area contributed by atoms with Crippen LogP contribution < -0.4 is 16.4 Å². The highest BCUT2D eigenvalue weighted by molar-refractivity contribution is 6.47. The van der Waals surface area contributed by atoms with Gasteiger partial charge in [0.25, 0.3) is 0 Å². The van der Waals surface area contributed by atoms with Gasteiger partial charge in [0.2, 0.25) is 11.8 Å². The van der Waals surface area contributed by atoms with Crippen LogP contribution in [-0.2, 0) is 25.3 Å². The molecule has 9 heteroatoms. The fourth-order valence-corrected chi connectivity index (χ4v) is 6.52. The van der Waals surface area contributed by atoms with Gasteiger partial charge < -0.3 is 25.7 Å². The largest absolute Gasteiger partial charge is 0.481 e. The standard InChI is InChI=1S/C27H43BN4O4/c1-6-7-8-11-23(28-35-22-15-19-14-21(26(19,3)4)27(22,5)36-28)32-24(33)17(2)31-25(34)20(29)13-18-10-9-12-30-16-18/h9-10,12,16-17,19-23H,6-8,11,13-15,29H2,1-5H3,(H,31,34)(H,32,33)/t17-,19-,20+,21-,22+,23-,27-/m0/s1. The second kappa shape index (κ2) is 10.8. The molecule has 1 saturated heterocycles. The first kappa shape index (κ1) is 27.1. The van der Waals surface area contributed by atoms with Gasteiger partial charge in [0, 0.05) is 12.4 Å². The highest BCUT2D eigenvalue weighted by atomic mass is 16.7. The number of nitrogens with two attached hydrogens (primary N) is 1. The Morgan fingerprint density at radius 2 is 2.00 bits per heavy atom. The van der Waals surface area contributed by atoms with Crippen LogP contribution in [0, 0.1) is 17.3 Å². The first-order chi connectivity index (χ1) is 17.1. The van der Waals surface area contributed by atoms with Crippen molar-refractivity contribution in [3.63, 3.8) is 0 Å². The third-order valence-electron chi connectivity index (χ3n) is 9.01. The molecule has 2 bridgehead atoms. The summed E-state index contributed by atoms with van der Waals surface area (Å²) >= 11 is 0.